The molecule has 5 heteroatoms. The largest absolute Gasteiger partial charge is 0.488 e. The molecule has 1 atom stereocenters. The average molecular weight is 343 g/mol. The number of aliphatic hydroxyl groups excluding tert-OH is 1. The molecule has 100 valence electrons. The molecular formula is C14H13BrClNO2. The molecule has 0 aliphatic rings. The molecule has 2 aromatic rings. The summed E-state index contributed by atoms with van der Waals surface area (Å²) in [5, 5.41) is 10.3. The Labute approximate surface area is 125 Å². The number of nitrogens with zero attached hydrogens (tertiary/aromatic N) is 1. The smallest absolute Gasteiger partial charge is 0.126 e. The monoisotopic (exact) mass is 341 g/mol. The Balaban J connectivity index is 2.19. The van der Waals surface area contributed by atoms with Gasteiger partial charge in [-0.25, -0.2) is 0 Å². The molecule has 0 bridgehead atoms. The quantitative estimate of drug-likeness (QED) is 0.908. The maximum absolute atomic E-state index is 9.72. The van der Waals surface area contributed by atoms with Gasteiger partial charge < -0.3 is 9.84 Å². The van der Waals surface area contributed by atoms with Crippen molar-refractivity contribution in [1.82, 2.24) is 4.98 Å². The Morgan fingerprint density at radius 3 is 2.89 bits per heavy atom. The van der Waals surface area contributed by atoms with E-state index in [0.29, 0.717) is 17.4 Å². The first-order valence-corrected chi connectivity index (χ1v) is 6.93. The van der Waals surface area contributed by atoms with Crippen molar-refractivity contribution in [1.29, 1.82) is 0 Å². The third kappa shape index (κ3) is 3.69. The van der Waals surface area contributed by atoms with Crippen LogP contribution in [0.4, 0.5) is 0 Å². The van der Waals surface area contributed by atoms with Gasteiger partial charge in [-0.1, -0.05) is 33.6 Å². The van der Waals surface area contributed by atoms with Gasteiger partial charge in [0.05, 0.1) is 11.1 Å². The first-order valence-electron chi connectivity index (χ1n) is 5.76. The zero-order valence-electron chi connectivity index (χ0n) is 10.3. The van der Waals surface area contributed by atoms with Crippen LogP contribution in [0.3, 0.4) is 0 Å². The SMILES string of the molecule is C[C@H](O)c1ccc(Br)cc1OCc1ccncc1Cl. The van der Waals surface area contributed by atoms with E-state index in [-0.39, 0.29) is 0 Å². The molecule has 0 aliphatic carbocycles. The van der Waals surface area contributed by atoms with E-state index in [9.17, 15) is 5.11 Å². The van der Waals surface area contributed by atoms with Crippen LogP contribution in [0.15, 0.2) is 41.1 Å². The number of aliphatic hydroxyl groups is 1. The number of ether oxygens (including phenoxy) is 1. The van der Waals surface area contributed by atoms with Crippen molar-refractivity contribution in [3.63, 3.8) is 0 Å². The summed E-state index contributed by atoms with van der Waals surface area (Å²) in [5.74, 6) is 0.636. The van der Waals surface area contributed by atoms with Gasteiger partial charge >= 0.3 is 0 Å². The van der Waals surface area contributed by atoms with Crippen molar-refractivity contribution in [2.24, 2.45) is 0 Å². The van der Waals surface area contributed by atoms with E-state index in [4.69, 9.17) is 16.3 Å². The molecule has 0 radical (unpaired) electrons. The van der Waals surface area contributed by atoms with E-state index in [2.05, 4.69) is 20.9 Å². The minimum atomic E-state index is -0.587. The van der Waals surface area contributed by atoms with Gasteiger partial charge in [-0.05, 0) is 25.1 Å². The van der Waals surface area contributed by atoms with Crippen LogP contribution < -0.4 is 4.74 Å². The van der Waals surface area contributed by atoms with Crippen molar-refractivity contribution in [2.75, 3.05) is 0 Å². The number of halogens is 2. The van der Waals surface area contributed by atoms with Gasteiger partial charge in [-0.2, -0.15) is 0 Å². The Kier molecular flexibility index (Phi) is 4.80. The number of hydrogen-bond acceptors (Lipinski definition) is 3. The highest BCUT2D eigenvalue weighted by Gasteiger charge is 2.10. The van der Waals surface area contributed by atoms with Crippen LogP contribution in [0.2, 0.25) is 5.02 Å². The highest BCUT2D eigenvalue weighted by molar-refractivity contribution is 9.10. The molecule has 1 heterocycles. The Morgan fingerprint density at radius 2 is 2.21 bits per heavy atom. The van der Waals surface area contributed by atoms with E-state index < -0.39 is 6.10 Å². The van der Waals surface area contributed by atoms with Crippen molar-refractivity contribution in [3.05, 3.63) is 57.3 Å². The van der Waals surface area contributed by atoms with Gasteiger partial charge in [0.1, 0.15) is 12.4 Å². The van der Waals surface area contributed by atoms with Crippen LogP contribution in [0, 0.1) is 0 Å². The highest BCUT2D eigenvalue weighted by Crippen LogP contribution is 2.29. The molecule has 0 saturated heterocycles. The maximum Gasteiger partial charge on any atom is 0.126 e. The molecular weight excluding hydrogens is 330 g/mol. The summed E-state index contributed by atoms with van der Waals surface area (Å²) in [4.78, 5) is 3.92. The minimum absolute atomic E-state index is 0.331. The Hall–Kier alpha value is -1.10. The average Bonchev–Trinajstić information content (AvgIpc) is 2.37. The third-order valence-corrected chi connectivity index (χ3v) is 3.50. The van der Waals surface area contributed by atoms with E-state index in [0.717, 1.165) is 15.6 Å². The zero-order chi connectivity index (χ0) is 13.8. The van der Waals surface area contributed by atoms with Crippen LogP contribution in [0.5, 0.6) is 5.75 Å². The lowest BCUT2D eigenvalue weighted by molar-refractivity contribution is 0.190. The standard InChI is InChI=1S/C14H13BrClNO2/c1-9(18)12-3-2-11(15)6-14(12)19-8-10-4-5-17-7-13(10)16/h2-7,9,18H,8H2,1H3/t9-/m0/s1. The summed E-state index contributed by atoms with van der Waals surface area (Å²) < 4.78 is 6.64. The molecule has 19 heavy (non-hydrogen) atoms. The Morgan fingerprint density at radius 1 is 1.42 bits per heavy atom. The molecule has 0 spiro atoms. The fourth-order valence-electron chi connectivity index (χ4n) is 1.65. The molecule has 2 rings (SSSR count). The van der Waals surface area contributed by atoms with Crippen LogP contribution in [0.1, 0.15) is 24.2 Å². The minimum Gasteiger partial charge on any atom is -0.488 e. The summed E-state index contributed by atoms with van der Waals surface area (Å²) in [6.45, 7) is 2.03. The summed E-state index contributed by atoms with van der Waals surface area (Å²) >= 11 is 9.41. The van der Waals surface area contributed by atoms with Gasteiger partial charge in [-0.3, -0.25) is 4.98 Å². The molecule has 0 unspecified atom stereocenters. The summed E-state index contributed by atoms with van der Waals surface area (Å²) in [6.07, 6.45) is 2.66. The first kappa shape index (κ1) is 14.3. The maximum atomic E-state index is 9.72. The fraction of sp³-hybridized carbons (Fsp3) is 0.214. The summed E-state index contributed by atoms with van der Waals surface area (Å²) in [5.41, 5.74) is 1.60. The lowest BCUT2D eigenvalue weighted by Gasteiger charge is -2.14. The van der Waals surface area contributed by atoms with Crippen LogP contribution in [0.25, 0.3) is 0 Å². The Bertz CT molecular complexity index is 575. The summed E-state index contributed by atoms with van der Waals surface area (Å²) in [6, 6.07) is 7.34. The molecule has 1 aromatic heterocycles. The first-order chi connectivity index (χ1) is 9.08. The van der Waals surface area contributed by atoms with E-state index in [1.807, 2.05) is 24.3 Å². The van der Waals surface area contributed by atoms with Gasteiger partial charge in [0.15, 0.2) is 0 Å². The second kappa shape index (κ2) is 6.37. The van der Waals surface area contributed by atoms with Crippen LogP contribution in [-0.2, 0) is 6.61 Å². The summed E-state index contributed by atoms with van der Waals surface area (Å²) in [7, 11) is 0. The number of benzene rings is 1. The van der Waals surface area contributed by atoms with Gasteiger partial charge in [0.2, 0.25) is 0 Å². The van der Waals surface area contributed by atoms with E-state index in [1.54, 1.807) is 19.3 Å². The molecule has 3 nitrogen and oxygen atoms in total. The van der Waals surface area contributed by atoms with E-state index in [1.165, 1.54) is 0 Å². The van der Waals surface area contributed by atoms with Crippen LogP contribution >= 0.6 is 27.5 Å². The second-order valence-corrected chi connectivity index (χ2v) is 5.44. The van der Waals surface area contributed by atoms with E-state index >= 15 is 0 Å². The number of pyridine rings is 1. The van der Waals surface area contributed by atoms with Crippen molar-refractivity contribution in [3.8, 4) is 5.75 Å². The molecule has 1 N–H and O–H groups in total. The van der Waals surface area contributed by atoms with Crippen molar-refractivity contribution < 1.29 is 9.84 Å². The topological polar surface area (TPSA) is 42.4 Å². The molecule has 0 saturated carbocycles. The zero-order valence-corrected chi connectivity index (χ0v) is 12.6. The normalized spacial score (nSPS) is 12.2. The van der Waals surface area contributed by atoms with Gasteiger partial charge in [0.25, 0.3) is 0 Å². The number of hydrogen-bond donors (Lipinski definition) is 1. The lowest BCUT2D eigenvalue weighted by Crippen LogP contribution is -2.01. The molecule has 0 amide bonds. The number of rotatable bonds is 4. The molecule has 1 aromatic carbocycles. The predicted molar refractivity (Wildman–Crippen MR) is 78.4 cm³/mol. The lowest BCUT2D eigenvalue weighted by atomic mass is 10.1. The van der Waals surface area contributed by atoms with Gasteiger partial charge in [0, 0.05) is 28.0 Å². The van der Waals surface area contributed by atoms with Crippen molar-refractivity contribution in [2.45, 2.75) is 19.6 Å². The second-order valence-electron chi connectivity index (χ2n) is 4.11. The van der Waals surface area contributed by atoms with Gasteiger partial charge in [-0.15, -0.1) is 0 Å². The molecule has 0 fully saturated rings. The fourth-order valence-corrected chi connectivity index (χ4v) is 2.17. The highest BCUT2D eigenvalue weighted by atomic mass is 79.9. The molecule has 0 aliphatic heterocycles. The third-order valence-electron chi connectivity index (χ3n) is 2.67. The predicted octanol–water partition coefficient (Wildman–Crippen LogP) is 4.13. The van der Waals surface area contributed by atoms with Crippen molar-refractivity contribution >= 4 is 27.5 Å². The number of aromatic nitrogens is 1. The van der Waals surface area contributed by atoms with Crippen LogP contribution in [-0.4, -0.2) is 10.1 Å².